The number of aromatic nitrogens is 2. The molecule has 0 radical (unpaired) electrons. The van der Waals surface area contributed by atoms with Crippen molar-refractivity contribution in [1.82, 2.24) is 15.1 Å². The second-order valence-corrected chi connectivity index (χ2v) is 5.07. The highest BCUT2D eigenvalue weighted by Crippen LogP contribution is 2.18. The summed E-state index contributed by atoms with van der Waals surface area (Å²) < 4.78 is 2.02. The van der Waals surface area contributed by atoms with Gasteiger partial charge >= 0.3 is 0 Å². The van der Waals surface area contributed by atoms with Crippen LogP contribution in [0.4, 0.5) is 0 Å². The molecule has 0 spiro atoms. The van der Waals surface area contributed by atoms with Crippen molar-refractivity contribution in [3.8, 4) is 0 Å². The van der Waals surface area contributed by atoms with Crippen molar-refractivity contribution in [3.63, 3.8) is 0 Å². The Hall–Kier alpha value is -1.61. The molecule has 2 aromatic rings. The highest BCUT2D eigenvalue weighted by Gasteiger charge is 2.12. The van der Waals surface area contributed by atoms with E-state index in [1.807, 2.05) is 17.9 Å². The zero-order valence-electron chi connectivity index (χ0n) is 12.1. The molecule has 1 unspecified atom stereocenters. The van der Waals surface area contributed by atoms with Gasteiger partial charge < -0.3 is 5.32 Å². The molecule has 1 N–H and O–H groups in total. The number of rotatable bonds is 6. The summed E-state index contributed by atoms with van der Waals surface area (Å²) in [5.41, 5.74) is 3.94. The molecule has 0 saturated carbocycles. The Labute approximate surface area is 115 Å². The maximum Gasteiger partial charge on any atom is 0.0537 e. The van der Waals surface area contributed by atoms with Crippen LogP contribution in [0.1, 0.15) is 36.1 Å². The number of hydrogen-bond donors (Lipinski definition) is 1. The molecule has 0 saturated heterocycles. The minimum atomic E-state index is 0.326. The summed E-state index contributed by atoms with van der Waals surface area (Å²) in [7, 11) is 2.01. The lowest BCUT2D eigenvalue weighted by Crippen LogP contribution is -2.18. The zero-order valence-corrected chi connectivity index (χ0v) is 12.1. The van der Waals surface area contributed by atoms with E-state index in [4.69, 9.17) is 0 Å². The van der Waals surface area contributed by atoms with Crippen LogP contribution in [-0.2, 0) is 13.0 Å². The van der Waals surface area contributed by atoms with E-state index >= 15 is 0 Å². The van der Waals surface area contributed by atoms with Gasteiger partial charge in [-0.1, -0.05) is 36.8 Å². The smallest absolute Gasteiger partial charge is 0.0537 e. The lowest BCUT2D eigenvalue weighted by molar-refractivity contribution is 0.582. The number of likely N-dealkylation sites (N-methyl/N-ethyl adjacent to an activating group) is 1. The SMILES string of the molecule is CCCn1cc(C(Cc2cccc(C)c2)NC)cn1. The Bertz CT molecular complexity index is 516. The third-order valence-electron chi connectivity index (χ3n) is 3.38. The van der Waals surface area contributed by atoms with Crippen molar-refractivity contribution >= 4 is 0 Å². The minimum Gasteiger partial charge on any atom is -0.313 e. The number of benzene rings is 1. The van der Waals surface area contributed by atoms with Gasteiger partial charge in [0.05, 0.1) is 6.20 Å². The summed E-state index contributed by atoms with van der Waals surface area (Å²) in [5.74, 6) is 0. The van der Waals surface area contributed by atoms with E-state index in [1.165, 1.54) is 16.7 Å². The van der Waals surface area contributed by atoms with Crippen LogP contribution >= 0.6 is 0 Å². The van der Waals surface area contributed by atoms with E-state index in [2.05, 4.69) is 54.7 Å². The molecule has 0 aliphatic rings. The quantitative estimate of drug-likeness (QED) is 0.861. The molecule has 1 atom stereocenters. The van der Waals surface area contributed by atoms with Gasteiger partial charge in [-0.3, -0.25) is 4.68 Å². The van der Waals surface area contributed by atoms with E-state index in [0.29, 0.717) is 6.04 Å². The van der Waals surface area contributed by atoms with Gasteiger partial charge in [0.1, 0.15) is 0 Å². The fourth-order valence-corrected chi connectivity index (χ4v) is 2.37. The van der Waals surface area contributed by atoms with Gasteiger partial charge in [-0.15, -0.1) is 0 Å². The van der Waals surface area contributed by atoms with Gasteiger partial charge in [0, 0.05) is 24.3 Å². The standard InChI is InChI=1S/C16H23N3/c1-4-8-19-12-15(11-18-19)16(17-3)10-14-7-5-6-13(2)9-14/h5-7,9,11-12,16-17H,4,8,10H2,1-3H3. The molecule has 0 aliphatic carbocycles. The predicted molar refractivity (Wildman–Crippen MR) is 79.2 cm³/mol. The average molecular weight is 257 g/mol. The first kappa shape index (κ1) is 13.8. The molecule has 1 heterocycles. The Balaban J connectivity index is 2.10. The monoisotopic (exact) mass is 257 g/mol. The Kier molecular flexibility index (Phi) is 4.74. The number of nitrogens with one attached hydrogen (secondary N) is 1. The molecule has 0 bridgehead atoms. The fourth-order valence-electron chi connectivity index (χ4n) is 2.37. The van der Waals surface area contributed by atoms with Gasteiger partial charge in [0.2, 0.25) is 0 Å². The first-order valence-electron chi connectivity index (χ1n) is 6.98. The molecule has 102 valence electrons. The molecule has 1 aromatic carbocycles. The molecule has 1 aromatic heterocycles. The van der Waals surface area contributed by atoms with Crippen LogP contribution in [0.5, 0.6) is 0 Å². The van der Waals surface area contributed by atoms with E-state index < -0.39 is 0 Å². The van der Waals surface area contributed by atoms with E-state index in [0.717, 1.165) is 19.4 Å². The summed E-state index contributed by atoms with van der Waals surface area (Å²) >= 11 is 0. The predicted octanol–water partition coefficient (Wildman–Crippen LogP) is 3.10. The molecular formula is C16H23N3. The molecule has 19 heavy (non-hydrogen) atoms. The van der Waals surface area contributed by atoms with Crippen molar-refractivity contribution in [2.45, 2.75) is 39.3 Å². The van der Waals surface area contributed by atoms with E-state index in [-0.39, 0.29) is 0 Å². The molecule has 0 fully saturated rings. The van der Waals surface area contributed by atoms with Crippen molar-refractivity contribution in [3.05, 3.63) is 53.3 Å². The normalized spacial score (nSPS) is 12.6. The largest absolute Gasteiger partial charge is 0.313 e. The Morgan fingerprint density at radius 1 is 1.37 bits per heavy atom. The number of nitrogens with zero attached hydrogens (tertiary/aromatic N) is 2. The van der Waals surface area contributed by atoms with E-state index in [9.17, 15) is 0 Å². The minimum absolute atomic E-state index is 0.326. The maximum atomic E-state index is 4.41. The van der Waals surface area contributed by atoms with Gasteiger partial charge in [-0.05, 0) is 32.4 Å². The van der Waals surface area contributed by atoms with Crippen molar-refractivity contribution in [1.29, 1.82) is 0 Å². The third kappa shape index (κ3) is 3.67. The van der Waals surface area contributed by atoms with Gasteiger partial charge in [0.15, 0.2) is 0 Å². The van der Waals surface area contributed by atoms with E-state index in [1.54, 1.807) is 0 Å². The first-order valence-corrected chi connectivity index (χ1v) is 6.98. The second kappa shape index (κ2) is 6.53. The van der Waals surface area contributed by atoms with Gasteiger partial charge in [-0.25, -0.2) is 0 Å². The Morgan fingerprint density at radius 2 is 2.21 bits per heavy atom. The Morgan fingerprint density at radius 3 is 2.89 bits per heavy atom. The summed E-state index contributed by atoms with van der Waals surface area (Å²) in [6, 6.07) is 9.02. The summed E-state index contributed by atoms with van der Waals surface area (Å²) in [6.45, 7) is 5.29. The van der Waals surface area contributed by atoms with Gasteiger partial charge in [-0.2, -0.15) is 5.10 Å². The van der Waals surface area contributed by atoms with Crippen LogP contribution in [0.2, 0.25) is 0 Å². The third-order valence-corrected chi connectivity index (χ3v) is 3.38. The molecule has 3 nitrogen and oxygen atoms in total. The second-order valence-electron chi connectivity index (χ2n) is 5.07. The van der Waals surface area contributed by atoms with Crippen molar-refractivity contribution in [2.75, 3.05) is 7.05 Å². The lowest BCUT2D eigenvalue weighted by Gasteiger charge is -2.14. The summed E-state index contributed by atoms with van der Waals surface area (Å²) in [5, 5.41) is 7.80. The van der Waals surface area contributed by atoms with Gasteiger partial charge in [0.25, 0.3) is 0 Å². The van der Waals surface area contributed by atoms with Crippen molar-refractivity contribution in [2.24, 2.45) is 0 Å². The number of hydrogen-bond acceptors (Lipinski definition) is 2. The summed E-state index contributed by atoms with van der Waals surface area (Å²) in [6.07, 6.45) is 6.24. The molecule has 2 rings (SSSR count). The maximum absolute atomic E-state index is 4.41. The van der Waals surface area contributed by atoms with Crippen LogP contribution in [0.3, 0.4) is 0 Å². The average Bonchev–Trinajstić information content (AvgIpc) is 2.85. The molecule has 0 amide bonds. The topological polar surface area (TPSA) is 29.9 Å². The molecular weight excluding hydrogens is 234 g/mol. The van der Waals surface area contributed by atoms with Crippen LogP contribution in [0.15, 0.2) is 36.7 Å². The van der Waals surface area contributed by atoms with Crippen LogP contribution < -0.4 is 5.32 Å². The fraction of sp³-hybridized carbons (Fsp3) is 0.438. The molecule has 0 aliphatic heterocycles. The van der Waals surface area contributed by atoms with Crippen LogP contribution in [0, 0.1) is 6.92 Å². The van der Waals surface area contributed by atoms with Crippen LogP contribution in [0.25, 0.3) is 0 Å². The summed E-state index contributed by atoms with van der Waals surface area (Å²) in [4.78, 5) is 0. The highest BCUT2D eigenvalue weighted by molar-refractivity contribution is 5.25. The number of aryl methyl sites for hydroxylation is 2. The highest BCUT2D eigenvalue weighted by atomic mass is 15.3. The molecule has 3 heteroatoms. The lowest BCUT2D eigenvalue weighted by atomic mass is 10.0. The first-order chi connectivity index (χ1) is 9.22. The van der Waals surface area contributed by atoms with Crippen LogP contribution in [-0.4, -0.2) is 16.8 Å². The van der Waals surface area contributed by atoms with Crippen molar-refractivity contribution < 1.29 is 0 Å². The zero-order chi connectivity index (χ0) is 13.7.